The molecule has 2 rings (SSSR count). The fourth-order valence-corrected chi connectivity index (χ4v) is 2.38. The molecule has 5 heteroatoms. The molecule has 0 radical (unpaired) electrons. The summed E-state index contributed by atoms with van der Waals surface area (Å²) >= 11 is 0.555. The lowest BCUT2D eigenvalue weighted by Crippen LogP contribution is -1.99. The van der Waals surface area contributed by atoms with Gasteiger partial charge in [0.15, 0.2) is 0 Å². The van der Waals surface area contributed by atoms with Crippen LogP contribution in [0.5, 0.6) is 0 Å². The van der Waals surface area contributed by atoms with Gasteiger partial charge in [-0.25, -0.2) is 0 Å². The number of thioether (sulfide) groups is 1. The molecule has 0 atom stereocenters. The average molecular weight is 309 g/mol. The van der Waals surface area contributed by atoms with Gasteiger partial charge in [0.1, 0.15) is 0 Å². The molecule has 2 aromatic carbocycles. The van der Waals surface area contributed by atoms with Crippen LogP contribution < -0.4 is 5.32 Å². The van der Waals surface area contributed by atoms with Crippen LogP contribution in [0.1, 0.15) is 11.1 Å². The Morgan fingerprint density at radius 2 is 1.62 bits per heavy atom. The predicted molar refractivity (Wildman–Crippen MR) is 82.8 cm³/mol. The third-order valence-electron chi connectivity index (χ3n) is 2.91. The van der Waals surface area contributed by atoms with E-state index >= 15 is 0 Å². The highest BCUT2D eigenvalue weighted by Gasteiger charge is 2.04. The van der Waals surface area contributed by atoms with E-state index in [0.29, 0.717) is 29.8 Å². The minimum Gasteiger partial charge on any atom is -0.381 e. The van der Waals surface area contributed by atoms with Crippen molar-refractivity contribution in [2.24, 2.45) is 0 Å². The van der Waals surface area contributed by atoms with Crippen molar-refractivity contribution in [3.8, 4) is 0 Å². The molecule has 0 fully saturated rings. The molecular weight excluding hydrogens is 292 g/mol. The van der Waals surface area contributed by atoms with E-state index in [1.807, 2.05) is 36.4 Å². The standard InChI is InChI=1S/C16H17F2NOS/c1-20-11-13-4-2-12(3-5-13)10-19-14-6-8-15(9-7-14)21-16(17)18/h2-9,16,19H,10-11H2,1H3. The van der Waals surface area contributed by atoms with E-state index in [-0.39, 0.29) is 0 Å². The average Bonchev–Trinajstić information content (AvgIpc) is 2.48. The first-order valence-corrected chi connectivity index (χ1v) is 7.41. The first-order valence-electron chi connectivity index (χ1n) is 6.53. The molecule has 2 aromatic rings. The van der Waals surface area contributed by atoms with Gasteiger partial charge in [-0.1, -0.05) is 36.0 Å². The fraction of sp³-hybridized carbons (Fsp3) is 0.250. The molecule has 0 aliphatic rings. The minimum absolute atomic E-state index is 0.555. The number of anilines is 1. The van der Waals surface area contributed by atoms with Crippen molar-refractivity contribution >= 4 is 17.4 Å². The Labute approximate surface area is 127 Å². The van der Waals surface area contributed by atoms with Gasteiger partial charge in [0.2, 0.25) is 0 Å². The van der Waals surface area contributed by atoms with Crippen molar-refractivity contribution in [1.82, 2.24) is 0 Å². The number of alkyl halides is 2. The monoisotopic (exact) mass is 309 g/mol. The summed E-state index contributed by atoms with van der Waals surface area (Å²) in [7, 11) is 1.67. The summed E-state index contributed by atoms with van der Waals surface area (Å²) in [6.07, 6.45) is 0. The molecule has 0 saturated heterocycles. The minimum atomic E-state index is -2.38. The number of ether oxygens (including phenoxy) is 1. The number of rotatable bonds is 7. The van der Waals surface area contributed by atoms with Crippen molar-refractivity contribution < 1.29 is 13.5 Å². The maximum absolute atomic E-state index is 12.2. The summed E-state index contributed by atoms with van der Waals surface area (Å²) in [5.74, 6) is -2.38. The molecule has 21 heavy (non-hydrogen) atoms. The molecule has 2 nitrogen and oxygen atoms in total. The van der Waals surface area contributed by atoms with Crippen molar-refractivity contribution in [3.63, 3.8) is 0 Å². The van der Waals surface area contributed by atoms with E-state index in [9.17, 15) is 8.78 Å². The van der Waals surface area contributed by atoms with Crippen LogP contribution in [-0.2, 0) is 17.9 Å². The van der Waals surface area contributed by atoms with Crippen molar-refractivity contribution in [1.29, 1.82) is 0 Å². The highest BCUT2D eigenvalue weighted by atomic mass is 32.2. The Hall–Kier alpha value is -1.59. The van der Waals surface area contributed by atoms with Gasteiger partial charge in [-0.3, -0.25) is 0 Å². The molecule has 0 heterocycles. The molecule has 112 valence electrons. The molecule has 0 unspecified atom stereocenters. The zero-order chi connectivity index (χ0) is 15.1. The number of nitrogens with one attached hydrogen (secondary N) is 1. The zero-order valence-corrected chi connectivity index (χ0v) is 12.5. The van der Waals surface area contributed by atoms with Gasteiger partial charge in [0.05, 0.1) is 6.61 Å². The number of benzene rings is 2. The van der Waals surface area contributed by atoms with Gasteiger partial charge in [-0.2, -0.15) is 8.78 Å². The fourth-order valence-electron chi connectivity index (χ4n) is 1.88. The Morgan fingerprint density at radius 1 is 1.00 bits per heavy atom. The maximum Gasteiger partial charge on any atom is 0.288 e. The third-order valence-corrected chi connectivity index (χ3v) is 3.63. The summed E-state index contributed by atoms with van der Waals surface area (Å²) in [6, 6.07) is 15.2. The van der Waals surface area contributed by atoms with Gasteiger partial charge in [-0.05, 0) is 35.4 Å². The first kappa shape index (κ1) is 15.8. The zero-order valence-electron chi connectivity index (χ0n) is 11.7. The topological polar surface area (TPSA) is 21.3 Å². The second-order valence-corrected chi connectivity index (χ2v) is 5.57. The summed E-state index contributed by atoms with van der Waals surface area (Å²) in [4.78, 5) is 0.569. The molecule has 1 N–H and O–H groups in total. The van der Waals surface area contributed by atoms with E-state index in [1.54, 1.807) is 19.2 Å². The Kier molecular flexibility index (Phi) is 6.02. The molecule has 0 aromatic heterocycles. The Bertz CT molecular complexity index is 543. The molecule has 0 aliphatic heterocycles. The molecule has 0 aliphatic carbocycles. The van der Waals surface area contributed by atoms with Crippen LogP contribution in [0.3, 0.4) is 0 Å². The van der Waals surface area contributed by atoms with Gasteiger partial charge < -0.3 is 10.1 Å². The SMILES string of the molecule is COCc1ccc(CNc2ccc(SC(F)F)cc2)cc1. The van der Waals surface area contributed by atoms with Crippen molar-refractivity contribution in [2.75, 3.05) is 12.4 Å². The van der Waals surface area contributed by atoms with Gasteiger partial charge in [-0.15, -0.1) is 0 Å². The molecule has 0 saturated carbocycles. The Morgan fingerprint density at radius 3 is 2.19 bits per heavy atom. The second kappa shape index (κ2) is 8.00. The largest absolute Gasteiger partial charge is 0.381 e. The molecule has 0 amide bonds. The number of hydrogen-bond donors (Lipinski definition) is 1. The first-order chi connectivity index (χ1) is 10.2. The third kappa shape index (κ3) is 5.36. The quantitative estimate of drug-likeness (QED) is 0.745. The van der Waals surface area contributed by atoms with Gasteiger partial charge in [0, 0.05) is 24.2 Å². The van der Waals surface area contributed by atoms with Crippen LogP contribution >= 0.6 is 11.8 Å². The van der Waals surface area contributed by atoms with Crippen molar-refractivity contribution in [2.45, 2.75) is 23.8 Å². The smallest absolute Gasteiger partial charge is 0.288 e. The van der Waals surface area contributed by atoms with Crippen LogP contribution in [0.25, 0.3) is 0 Å². The summed E-state index contributed by atoms with van der Waals surface area (Å²) in [5, 5.41) is 3.26. The van der Waals surface area contributed by atoms with E-state index in [1.165, 1.54) is 0 Å². The van der Waals surface area contributed by atoms with E-state index in [2.05, 4.69) is 5.32 Å². The van der Waals surface area contributed by atoms with Crippen LogP contribution in [0, 0.1) is 0 Å². The lowest BCUT2D eigenvalue weighted by molar-refractivity contribution is 0.185. The highest BCUT2D eigenvalue weighted by Crippen LogP contribution is 2.26. The normalized spacial score (nSPS) is 10.9. The Balaban J connectivity index is 1.87. The van der Waals surface area contributed by atoms with Crippen LogP contribution in [0.2, 0.25) is 0 Å². The number of hydrogen-bond acceptors (Lipinski definition) is 3. The second-order valence-electron chi connectivity index (χ2n) is 4.51. The lowest BCUT2D eigenvalue weighted by atomic mass is 10.1. The van der Waals surface area contributed by atoms with E-state index in [0.717, 1.165) is 16.8 Å². The maximum atomic E-state index is 12.2. The highest BCUT2D eigenvalue weighted by molar-refractivity contribution is 7.99. The molecular formula is C16H17F2NOS. The number of methoxy groups -OCH3 is 1. The molecule has 0 spiro atoms. The van der Waals surface area contributed by atoms with Crippen molar-refractivity contribution in [3.05, 3.63) is 59.7 Å². The molecule has 0 bridgehead atoms. The summed E-state index contributed by atoms with van der Waals surface area (Å²) < 4.78 is 29.5. The van der Waals surface area contributed by atoms with E-state index in [4.69, 9.17) is 4.74 Å². The van der Waals surface area contributed by atoms with Gasteiger partial charge in [0.25, 0.3) is 5.76 Å². The van der Waals surface area contributed by atoms with Crippen LogP contribution in [-0.4, -0.2) is 12.9 Å². The summed E-state index contributed by atoms with van der Waals surface area (Å²) in [5.41, 5.74) is 3.20. The summed E-state index contributed by atoms with van der Waals surface area (Å²) in [6.45, 7) is 1.30. The van der Waals surface area contributed by atoms with E-state index < -0.39 is 5.76 Å². The van der Waals surface area contributed by atoms with Crippen LogP contribution in [0.4, 0.5) is 14.5 Å². The van der Waals surface area contributed by atoms with Gasteiger partial charge >= 0.3 is 0 Å². The number of halogens is 2. The predicted octanol–water partition coefficient (Wildman–Crippen LogP) is 4.76. The lowest BCUT2D eigenvalue weighted by Gasteiger charge is -2.08. The van der Waals surface area contributed by atoms with Crippen LogP contribution in [0.15, 0.2) is 53.4 Å².